The maximum absolute atomic E-state index is 12.2. The standard InChI is InChI=1S/C12H13ClN2O2S/c1-3-8-10(13)14-12(17)15(11(8)16)7(2)9-5-4-6-18-9/h4-7H,3H2,1-2H3,(H,14,17). The third-order valence-corrected chi connectivity index (χ3v) is 4.24. The minimum absolute atomic E-state index is 0.141. The number of H-pyrrole nitrogens is 1. The molecule has 2 aromatic rings. The monoisotopic (exact) mass is 284 g/mol. The van der Waals surface area contributed by atoms with Crippen molar-refractivity contribution in [2.24, 2.45) is 0 Å². The van der Waals surface area contributed by atoms with Crippen molar-refractivity contribution < 1.29 is 0 Å². The Balaban J connectivity index is 2.65. The van der Waals surface area contributed by atoms with E-state index in [0.717, 1.165) is 4.88 Å². The van der Waals surface area contributed by atoms with Gasteiger partial charge in [-0.3, -0.25) is 14.3 Å². The van der Waals surface area contributed by atoms with Crippen molar-refractivity contribution >= 4 is 22.9 Å². The molecule has 0 aromatic carbocycles. The average molecular weight is 285 g/mol. The summed E-state index contributed by atoms with van der Waals surface area (Å²) in [6, 6.07) is 3.51. The lowest BCUT2D eigenvalue weighted by molar-refractivity contribution is 0.580. The van der Waals surface area contributed by atoms with Crippen LogP contribution in [0.1, 0.15) is 30.3 Å². The Bertz CT molecular complexity index is 658. The summed E-state index contributed by atoms with van der Waals surface area (Å²) in [4.78, 5) is 27.6. The largest absolute Gasteiger partial charge is 0.330 e. The van der Waals surface area contributed by atoms with Crippen molar-refractivity contribution in [3.05, 3.63) is 53.9 Å². The normalized spacial score (nSPS) is 12.6. The molecule has 18 heavy (non-hydrogen) atoms. The first-order chi connectivity index (χ1) is 8.56. The minimum Gasteiger partial charge on any atom is -0.297 e. The van der Waals surface area contributed by atoms with Gasteiger partial charge in [-0.05, 0) is 24.8 Å². The number of thiophene rings is 1. The lowest BCUT2D eigenvalue weighted by Crippen LogP contribution is -2.39. The highest BCUT2D eigenvalue weighted by atomic mass is 35.5. The van der Waals surface area contributed by atoms with Gasteiger partial charge < -0.3 is 0 Å². The third kappa shape index (κ3) is 2.15. The van der Waals surface area contributed by atoms with Gasteiger partial charge in [0.25, 0.3) is 5.56 Å². The van der Waals surface area contributed by atoms with Crippen molar-refractivity contribution in [3.8, 4) is 0 Å². The highest BCUT2D eigenvalue weighted by Gasteiger charge is 2.17. The van der Waals surface area contributed by atoms with Crippen LogP contribution < -0.4 is 11.2 Å². The zero-order valence-corrected chi connectivity index (χ0v) is 11.6. The molecule has 0 saturated carbocycles. The molecule has 0 aliphatic rings. The van der Waals surface area contributed by atoms with Gasteiger partial charge in [0.1, 0.15) is 5.15 Å². The SMILES string of the molecule is CCc1c(Cl)[nH]c(=O)n(C(C)c2cccs2)c1=O. The predicted molar refractivity (Wildman–Crippen MR) is 73.8 cm³/mol. The molecule has 2 heterocycles. The molecule has 1 unspecified atom stereocenters. The van der Waals surface area contributed by atoms with E-state index in [4.69, 9.17) is 11.6 Å². The number of aromatic amines is 1. The Morgan fingerprint density at radius 2 is 2.22 bits per heavy atom. The fourth-order valence-corrected chi connectivity index (χ4v) is 2.94. The Hall–Kier alpha value is -1.33. The van der Waals surface area contributed by atoms with Gasteiger partial charge in [0.2, 0.25) is 0 Å². The number of nitrogens with zero attached hydrogens (tertiary/aromatic N) is 1. The van der Waals surface area contributed by atoms with E-state index >= 15 is 0 Å². The van der Waals surface area contributed by atoms with Gasteiger partial charge >= 0.3 is 5.69 Å². The van der Waals surface area contributed by atoms with Gasteiger partial charge in [-0.15, -0.1) is 11.3 Å². The molecule has 96 valence electrons. The molecular weight excluding hydrogens is 272 g/mol. The molecule has 0 aliphatic heterocycles. The Labute approximate surface area is 113 Å². The number of hydrogen-bond donors (Lipinski definition) is 1. The van der Waals surface area contributed by atoms with Crippen LogP contribution in [-0.4, -0.2) is 9.55 Å². The fourth-order valence-electron chi connectivity index (χ4n) is 1.88. The smallest absolute Gasteiger partial charge is 0.297 e. The van der Waals surface area contributed by atoms with Crippen LogP contribution in [0.15, 0.2) is 27.1 Å². The van der Waals surface area contributed by atoms with Crippen LogP contribution in [0.4, 0.5) is 0 Å². The van der Waals surface area contributed by atoms with Crippen LogP contribution >= 0.6 is 22.9 Å². The second-order valence-corrected chi connectivity index (χ2v) is 5.30. The van der Waals surface area contributed by atoms with Crippen LogP contribution in [0.25, 0.3) is 0 Å². The molecule has 4 nitrogen and oxygen atoms in total. The molecule has 6 heteroatoms. The second kappa shape index (κ2) is 5.12. The molecule has 2 aromatic heterocycles. The highest BCUT2D eigenvalue weighted by molar-refractivity contribution is 7.10. The van der Waals surface area contributed by atoms with Gasteiger partial charge in [-0.2, -0.15) is 0 Å². The quantitative estimate of drug-likeness (QED) is 0.880. The molecule has 0 fully saturated rings. The predicted octanol–water partition coefficient (Wildman–Crippen LogP) is 2.42. The van der Waals surface area contributed by atoms with E-state index in [1.165, 1.54) is 15.9 Å². The second-order valence-electron chi connectivity index (χ2n) is 3.94. The lowest BCUT2D eigenvalue weighted by atomic mass is 10.2. The van der Waals surface area contributed by atoms with Crippen LogP contribution in [0.3, 0.4) is 0 Å². The number of aromatic nitrogens is 2. The molecule has 1 atom stereocenters. The maximum atomic E-state index is 12.2. The van der Waals surface area contributed by atoms with Crippen molar-refractivity contribution in [2.75, 3.05) is 0 Å². The zero-order valence-electron chi connectivity index (χ0n) is 10.1. The van der Waals surface area contributed by atoms with E-state index in [-0.39, 0.29) is 16.8 Å². The van der Waals surface area contributed by atoms with Crippen molar-refractivity contribution in [1.82, 2.24) is 9.55 Å². The van der Waals surface area contributed by atoms with E-state index in [1.54, 1.807) is 0 Å². The molecule has 0 spiro atoms. The molecule has 2 rings (SSSR count). The summed E-state index contributed by atoms with van der Waals surface area (Å²) < 4.78 is 1.22. The van der Waals surface area contributed by atoms with Crippen molar-refractivity contribution in [3.63, 3.8) is 0 Å². The van der Waals surface area contributed by atoms with Crippen LogP contribution in [0.2, 0.25) is 5.15 Å². The first-order valence-electron chi connectivity index (χ1n) is 5.62. The van der Waals surface area contributed by atoms with Gasteiger partial charge in [-0.1, -0.05) is 24.6 Å². The molecule has 0 bridgehead atoms. The fraction of sp³-hybridized carbons (Fsp3) is 0.333. The van der Waals surface area contributed by atoms with Crippen LogP contribution in [0, 0.1) is 0 Å². The molecule has 0 saturated heterocycles. The molecule has 0 aliphatic carbocycles. The Kier molecular flexibility index (Phi) is 3.73. The summed E-state index contributed by atoms with van der Waals surface area (Å²) >= 11 is 7.39. The summed E-state index contributed by atoms with van der Waals surface area (Å²) in [6.45, 7) is 3.66. The first-order valence-corrected chi connectivity index (χ1v) is 6.88. The van der Waals surface area contributed by atoms with Crippen molar-refractivity contribution in [1.29, 1.82) is 0 Å². The number of hydrogen-bond acceptors (Lipinski definition) is 3. The summed E-state index contributed by atoms with van der Waals surface area (Å²) in [5, 5.41) is 2.06. The summed E-state index contributed by atoms with van der Waals surface area (Å²) in [6.07, 6.45) is 0.492. The number of nitrogens with one attached hydrogen (secondary N) is 1. The lowest BCUT2D eigenvalue weighted by Gasteiger charge is -2.14. The van der Waals surface area contributed by atoms with Crippen LogP contribution in [-0.2, 0) is 6.42 Å². The average Bonchev–Trinajstić information content (AvgIpc) is 2.81. The molecular formula is C12H13ClN2O2S. The van der Waals surface area contributed by atoms with Gasteiger partial charge in [-0.25, -0.2) is 4.79 Å². The van der Waals surface area contributed by atoms with E-state index in [1.807, 2.05) is 31.4 Å². The third-order valence-electron chi connectivity index (χ3n) is 2.87. The molecule has 1 N–H and O–H groups in total. The van der Waals surface area contributed by atoms with Gasteiger partial charge in [0, 0.05) is 4.88 Å². The van der Waals surface area contributed by atoms with E-state index in [2.05, 4.69) is 4.98 Å². The van der Waals surface area contributed by atoms with Crippen LogP contribution in [0.5, 0.6) is 0 Å². The summed E-state index contributed by atoms with van der Waals surface area (Å²) in [5.74, 6) is 0. The topological polar surface area (TPSA) is 54.9 Å². The van der Waals surface area contributed by atoms with Gasteiger partial charge in [0.15, 0.2) is 0 Å². The number of rotatable bonds is 3. The number of halogens is 1. The maximum Gasteiger partial charge on any atom is 0.330 e. The first kappa shape index (κ1) is 13.1. The summed E-state index contributed by atoms with van der Waals surface area (Å²) in [7, 11) is 0. The molecule has 0 amide bonds. The van der Waals surface area contributed by atoms with E-state index in [0.29, 0.717) is 12.0 Å². The van der Waals surface area contributed by atoms with Gasteiger partial charge in [0.05, 0.1) is 11.6 Å². The highest BCUT2D eigenvalue weighted by Crippen LogP contribution is 2.20. The Morgan fingerprint density at radius 3 is 2.78 bits per heavy atom. The zero-order chi connectivity index (χ0) is 13.3. The van der Waals surface area contributed by atoms with Crippen molar-refractivity contribution in [2.45, 2.75) is 26.3 Å². The van der Waals surface area contributed by atoms with E-state index < -0.39 is 5.69 Å². The minimum atomic E-state index is -0.469. The summed E-state index contributed by atoms with van der Waals surface area (Å²) in [5.41, 5.74) is -0.338. The molecule has 0 radical (unpaired) electrons. The Morgan fingerprint density at radius 1 is 1.50 bits per heavy atom. The van der Waals surface area contributed by atoms with E-state index in [9.17, 15) is 9.59 Å².